The monoisotopic (exact) mass is 287 g/mol. The number of hydrogen-bond acceptors (Lipinski definition) is 4. The summed E-state index contributed by atoms with van der Waals surface area (Å²) in [5, 5.41) is 3.30. The summed E-state index contributed by atoms with van der Waals surface area (Å²) in [5.41, 5.74) is 0.945. The minimum Gasteiger partial charge on any atom is -0.314 e. The maximum absolute atomic E-state index is 12.5. The van der Waals surface area contributed by atoms with Crippen LogP contribution in [0.25, 0.3) is 0 Å². The van der Waals surface area contributed by atoms with Gasteiger partial charge in [0, 0.05) is 45.7 Å². The molecule has 1 atom stereocenters. The minimum absolute atomic E-state index is 0.0380. The molecule has 2 saturated heterocycles. The van der Waals surface area contributed by atoms with Crippen LogP contribution in [0.5, 0.6) is 0 Å². The first-order valence-corrected chi connectivity index (χ1v) is 7.58. The number of nitrogens with one attached hydrogen (secondary N) is 1. The highest BCUT2D eigenvalue weighted by molar-refractivity contribution is 6.06. The molecule has 2 aliphatic rings. The van der Waals surface area contributed by atoms with Crippen LogP contribution in [0.4, 0.5) is 0 Å². The van der Waals surface area contributed by atoms with E-state index >= 15 is 0 Å². The lowest BCUT2D eigenvalue weighted by Gasteiger charge is -2.28. The van der Waals surface area contributed by atoms with Gasteiger partial charge in [0.25, 0.3) is 0 Å². The number of likely N-dealkylation sites (tertiary alicyclic amines) is 1. The van der Waals surface area contributed by atoms with Crippen LogP contribution in [0.1, 0.15) is 17.9 Å². The molecule has 0 spiro atoms. The van der Waals surface area contributed by atoms with Crippen LogP contribution >= 0.6 is 0 Å². The Morgan fingerprint density at radius 2 is 1.76 bits per heavy atom. The SMILES string of the molecule is O=C1C[C@H](c2ccccc2)C(=O)N1CCN1CCNCC1. The number of piperazine rings is 1. The second-order valence-electron chi connectivity index (χ2n) is 5.64. The second-order valence-corrected chi connectivity index (χ2v) is 5.64. The largest absolute Gasteiger partial charge is 0.314 e. The van der Waals surface area contributed by atoms with E-state index in [0.717, 1.165) is 38.3 Å². The fourth-order valence-corrected chi connectivity index (χ4v) is 3.04. The topological polar surface area (TPSA) is 52.7 Å². The maximum Gasteiger partial charge on any atom is 0.237 e. The molecular formula is C16H21N3O2. The summed E-state index contributed by atoms with van der Waals surface area (Å²) in [6.45, 7) is 5.22. The van der Waals surface area contributed by atoms with Crippen molar-refractivity contribution in [2.45, 2.75) is 12.3 Å². The average molecular weight is 287 g/mol. The summed E-state index contributed by atoms with van der Waals surface area (Å²) in [4.78, 5) is 28.3. The van der Waals surface area contributed by atoms with Gasteiger partial charge in [-0.3, -0.25) is 19.4 Å². The van der Waals surface area contributed by atoms with Gasteiger partial charge in [-0.2, -0.15) is 0 Å². The summed E-state index contributed by atoms with van der Waals surface area (Å²) in [7, 11) is 0. The highest BCUT2D eigenvalue weighted by Gasteiger charge is 2.39. The number of hydrogen-bond donors (Lipinski definition) is 1. The molecule has 3 rings (SSSR count). The van der Waals surface area contributed by atoms with Crippen molar-refractivity contribution in [3.63, 3.8) is 0 Å². The van der Waals surface area contributed by atoms with Gasteiger partial charge >= 0.3 is 0 Å². The van der Waals surface area contributed by atoms with E-state index in [1.807, 2.05) is 30.3 Å². The lowest BCUT2D eigenvalue weighted by Crippen LogP contribution is -2.47. The summed E-state index contributed by atoms with van der Waals surface area (Å²) >= 11 is 0. The van der Waals surface area contributed by atoms with Crippen molar-refractivity contribution in [2.24, 2.45) is 0 Å². The molecule has 2 amide bonds. The molecule has 21 heavy (non-hydrogen) atoms. The van der Waals surface area contributed by atoms with Gasteiger partial charge in [0.15, 0.2) is 0 Å². The summed E-state index contributed by atoms with van der Waals surface area (Å²) < 4.78 is 0. The van der Waals surface area contributed by atoms with Crippen LogP contribution in [-0.2, 0) is 9.59 Å². The molecule has 1 N–H and O–H groups in total. The Balaban J connectivity index is 1.61. The zero-order chi connectivity index (χ0) is 14.7. The van der Waals surface area contributed by atoms with E-state index in [1.54, 1.807) is 0 Å². The van der Waals surface area contributed by atoms with Gasteiger partial charge < -0.3 is 5.32 Å². The minimum atomic E-state index is -0.290. The van der Waals surface area contributed by atoms with Crippen LogP contribution in [0.2, 0.25) is 0 Å². The van der Waals surface area contributed by atoms with Gasteiger partial charge in [-0.05, 0) is 5.56 Å². The van der Waals surface area contributed by atoms with Crippen LogP contribution in [0, 0.1) is 0 Å². The lowest BCUT2D eigenvalue weighted by atomic mass is 9.98. The standard InChI is InChI=1S/C16H21N3O2/c20-15-12-14(13-4-2-1-3-5-13)16(21)19(15)11-10-18-8-6-17-7-9-18/h1-5,14,17H,6-12H2/t14-/m1/s1. The number of imide groups is 1. The van der Waals surface area contributed by atoms with Gasteiger partial charge in [0.2, 0.25) is 11.8 Å². The van der Waals surface area contributed by atoms with Crippen LogP contribution in [-0.4, -0.2) is 60.9 Å². The summed E-state index contributed by atoms with van der Waals surface area (Å²) in [6, 6.07) is 9.60. The molecule has 0 unspecified atom stereocenters. The quantitative estimate of drug-likeness (QED) is 0.816. The number of amides is 2. The van der Waals surface area contributed by atoms with E-state index in [0.29, 0.717) is 13.0 Å². The van der Waals surface area contributed by atoms with E-state index in [1.165, 1.54) is 4.90 Å². The molecule has 2 heterocycles. The van der Waals surface area contributed by atoms with Crippen LogP contribution in [0.15, 0.2) is 30.3 Å². The smallest absolute Gasteiger partial charge is 0.237 e. The van der Waals surface area contributed by atoms with Gasteiger partial charge in [-0.25, -0.2) is 0 Å². The zero-order valence-electron chi connectivity index (χ0n) is 12.1. The molecule has 2 fully saturated rings. The van der Waals surface area contributed by atoms with Crippen molar-refractivity contribution < 1.29 is 9.59 Å². The first kappa shape index (κ1) is 14.2. The predicted octanol–water partition coefficient (Wildman–Crippen LogP) is 0.434. The molecule has 0 bridgehead atoms. The third kappa shape index (κ3) is 3.14. The van der Waals surface area contributed by atoms with E-state index in [-0.39, 0.29) is 17.7 Å². The molecule has 2 aliphatic heterocycles. The highest BCUT2D eigenvalue weighted by Crippen LogP contribution is 2.29. The zero-order valence-corrected chi connectivity index (χ0v) is 12.1. The van der Waals surface area contributed by atoms with E-state index in [4.69, 9.17) is 0 Å². The van der Waals surface area contributed by atoms with E-state index in [2.05, 4.69) is 10.2 Å². The first-order chi connectivity index (χ1) is 10.3. The van der Waals surface area contributed by atoms with Crippen molar-refractivity contribution >= 4 is 11.8 Å². The van der Waals surface area contributed by atoms with Crippen LogP contribution < -0.4 is 5.32 Å². The Morgan fingerprint density at radius 3 is 2.48 bits per heavy atom. The molecule has 1 aromatic rings. The number of carbonyl (C=O) groups is 2. The average Bonchev–Trinajstić information content (AvgIpc) is 2.82. The molecule has 0 radical (unpaired) electrons. The third-order valence-corrected chi connectivity index (χ3v) is 4.30. The number of nitrogens with zero attached hydrogens (tertiary/aromatic N) is 2. The van der Waals surface area contributed by atoms with E-state index < -0.39 is 0 Å². The first-order valence-electron chi connectivity index (χ1n) is 7.58. The van der Waals surface area contributed by atoms with Gasteiger partial charge in [0.05, 0.1) is 5.92 Å². The van der Waals surface area contributed by atoms with Crippen molar-refractivity contribution in [3.05, 3.63) is 35.9 Å². The Morgan fingerprint density at radius 1 is 1.05 bits per heavy atom. The molecule has 1 aromatic carbocycles. The second kappa shape index (κ2) is 6.37. The lowest BCUT2D eigenvalue weighted by molar-refractivity contribution is -0.138. The molecule has 0 aliphatic carbocycles. The van der Waals surface area contributed by atoms with Crippen LogP contribution in [0.3, 0.4) is 0 Å². The van der Waals surface area contributed by atoms with Gasteiger partial charge in [0.1, 0.15) is 0 Å². The Kier molecular flexibility index (Phi) is 4.31. The normalized spacial score (nSPS) is 23.8. The number of rotatable bonds is 4. The fraction of sp³-hybridized carbons (Fsp3) is 0.500. The van der Waals surface area contributed by atoms with Gasteiger partial charge in [-0.15, -0.1) is 0 Å². The van der Waals surface area contributed by atoms with Gasteiger partial charge in [-0.1, -0.05) is 30.3 Å². The Hall–Kier alpha value is -1.72. The molecular weight excluding hydrogens is 266 g/mol. The summed E-state index contributed by atoms with van der Waals surface area (Å²) in [6.07, 6.45) is 0.310. The van der Waals surface area contributed by atoms with Crippen molar-refractivity contribution in [2.75, 3.05) is 39.3 Å². The Labute approximate surface area is 124 Å². The molecule has 0 saturated carbocycles. The molecule has 0 aromatic heterocycles. The predicted molar refractivity (Wildman–Crippen MR) is 79.8 cm³/mol. The Bertz CT molecular complexity index is 512. The molecule has 112 valence electrons. The third-order valence-electron chi connectivity index (χ3n) is 4.30. The van der Waals surface area contributed by atoms with E-state index in [9.17, 15) is 9.59 Å². The fourth-order valence-electron chi connectivity index (χ4n) is 3.04. The van der Waals surface area contributed by atoms with Crippen molar-refractivity contribution in [3.8, 4) is 0 Å². The number of benzene rings is 1. The molecule has 5 heteroatoms. The van der Waals surface area contributed by atoms with Crippen molar-refractivity contribution in [1.29, 1.82) is 0 Å². The van der Waals surface area contributed by atoms with Crippen molar-refractivity contribution in [1.82, 2.24) is 15.1 Å². The summed E-state index contributed by atoms with van der Waals surface area (Å²) in [5.74, 6) is -0.368. The maximum atomic E-state index is 12.5. The molecule has 5 nitrogen and oxygen atoms in total. The number of carbonyl (C=O) groups excluding carboxylic acids is 2. The highest BCUT2D eigenvalue weighted by atomic mass is 16.2.